The number of aryl methyl sites for hydroxylation is 1. The standard InChI is InChI=1S/C25H27N3O2/c1-4-16(5-2)23(29)28-13-12-17-18-14-15(3)10-11-20(18)26-22(17)25(28)19-8-6-7-9-21(19)27-24(25)30/h6-11,14,16,26H,4-5,12-13H2,1-3H3,(H,27,30)/t25-/m1/s1. The number of benzene rings is 2. The number of carbonyl (C=O) groups is 2. The van der Waals surface area contributed by atoms with Crippen LogP contribution in [-0.2, 0) is 21.5 Å². The highest BCUT2D eigenvalue weighted by molar-refractivity contribution is 6.11. The Labute approximate surface area is 176 Å². The predicted molar refractivity (Wildman–Crippen MR) is 118 cm³/mol. The summed E-state index contributed by atoms with van der Waals surface area (Å²) in [6.07, 6.45) is 2.27. The molecule has 3 heterocycles. The van der Waals surface area contributed by atoms with E-state index in [0.29, 0.717) is 6.54 Å². The average Bonchev–Trinajstić information content (AvgIpc) is 3.25. The van der Waals surface area contributed by atoms with Crippen molar-refractivity contribution in [2.75, 3.05) is 11.9 Å². The third-order valence-electron chi connectivity index (χ3n) is 6.91. The fourth-order valence-electron chi connectivity index (χ4n) is 5.35. The molecule has 0 bridgehead atoms. The Kier molecular flexibility index (Phi) is 4.24. The second-order valence-electron chi connectivity index (χ2n) is 8.49. The normalized spacial score (nSPS) is 20.0. The van der Waals surface area contributed by atoms with E-state index in [-0.39, 0.29) is 17.7 Å². The molecule has 5 rings (SSSR count). The highest BCUT2D eigenvalue weighted by atomic mass is 16.2. The van der Waals surface area contributed by atoms with Crippen LogP contribution in [0.25, 0.3) is 10.9 Å². The zero-order valence-corrected chi connectivity index (χ0v) is 17.7. The summed E-state index contributed by atoms with van der Waals surface area (Å²) < 4.78 is 0. The quantitative estimate of drug-likeness (QED) is 0.679. The second kappa shape index (κ2) is 6.73. The van der Waals surface area contributed by atoms with Crippen LogP contribution < -0.4 is 5.32 Å². The average molecular weight is 402 g/mol. The van der Waals surface area contributed by atoms with Crippen molar-refractivity contribution >= 4 is 28.4 Å². The Morgan fingerprint density at radius 1 is 1.17 bits per heavy atom. The van der Waals surface area contributed by atoms with Gasteiger partial charge in [0.25, 0.3) is 5.91 Å². The molecule has 1 aromatic heterocycles. The van der Waals surface area contributed by atoms with E-state index in [4.69, 9.17) is 0 Å². The number of aromatic amines is 1. The van der Waals surface area contributed by atoms with Crippen molar-refractivity contribution in [1.29, 1.82) is 0 Å². The van der Waals surface area contributed by atoms with Crippen LogP contribution in [0.5, 0.6) is 0 Å². The highest BCUT2D eigenvalue weighted by Crippen LogP contribution is 2.50. The van der Waals surface area contributed by atoms with Gasteiger partial charge in [0.15, 0.2) is 5.54 Å². The molecule has 5 nitrogen and oxygen atoms in total. The smallest absolute Gasteiger partial charge is 0.261 e. The number of fused-ring (bicyclic) bond motifs is 6. The summed E-state index contributed by atoms with van der Waals surface area (Å²) >= 11 is 0. The summed E-state index contributed by atoms with van der Waals surface area (Å²) in [4.78, 5) is 32.8. The number of hydrogen-bond donors (Lipinski definition) is 2. The molecule has 0 saturated heterocycles. The van der Waals surface area contributed by atoms with Gasteiger partial charge in [-0.15, -0.1) is 0 Å². The van der Waals surface area contributed by atoms with Crippen molar-refractivity contribution in [2.45, 2.75) is 45.6 Å². The molecule has 2 aliphatic rings. The lowest BCUT2D eigenvalue weighted by Crippen LogP contribution is -2.59. The number of nitrogens with zero attached hydrogens (tertiary/aromatic N) is 1. The summed E-state index contributed by atoms with van der Waals surface area (Å²) in [5, 5.41) is 4.21. The molecule has 0 radical (unpaired) electrons. The van der Waals surface area contributed by atoms with Crippen LogP contribution in [-0.4, -0.2) is 28.2 Å². The lowest BCUT2D eigenvalue weighted by molar-refractivity contribution is -0.147. The summed E-state index contributed by atoms with van der Waals surface area (Å²) in [5.74, 6) is -0.171. The zero-order valence-electron chi connectivity index (χ0n) is 17.7. The molecule has 5 heteroatoms. The van der Waals surface area contributed by atoms with Gasteiger partial charge in [-0.3, -0.25) is 9.59 Å². The van der Waals surface area contributed by atoms with E-state index in [9.17, 15) is 9.59 Å². The Balaban J connectivity index is 1.82. The number of anilines is 1. The molecule has 1 atom stereocenters. The molecular weight excluding hydrogens is 374 g/mol. The fourth-order valence-corrected chi connectivity index (χ4v) is 5.35. The maximum Gasteiger partial charge on any atom is 0.261 e. The molecule has 2 aromatic carbocycles. The van der Waals surface area contributed by atoms with Gasteiger partial charge in [0.05, 0.1) is 5.69 Å². The van der Waals surface area contributed by atoms with Crippen molar-refractivity contribution in [3.8, 4) is 0 Å². The minimum Gasteiger partial charge on any atom is -0.355 e. The first-order valence-corrected chi connectivity index (χ1v) is 10.9. The first-order valence-electron chi connectivity index (χ1n) is 10.9. The van der Waals surface area contributed by atoms with E-state index in [1.807, 2.05) is 43.0 Å². The van der Waals surface area contributed by atoms with Gasteiger partial charge in [-0.05, 0) is 49.9 Å². The molecule has 2 amide bonds. The number of para-hydroxylation sites is 1. The van der Waals surface area contributed by atoms with Gasteiger partial charge in [-0.2, -0.15) is 0 Å². The first kappa shape index (κ1) is 18.9. The number of rotatable bonds is 3. The summed E-state index contributed by atoms with van der Waals surface area (Å²) in [5.41, 5.74) is 4.69. The van der Waals surface area contributed by atoms with E-state index in [1.54, 1.807) is 0 Å². The van der Waals surface area contributed by atoms with Gasteiger partial charge in [0, 0.05) is 34.6 Å². The molecule has 0 saturated carbocycles. The van der Waals surface area contributed by atoms with Crippen molar-refractivity contribution in [3.63, 3.8) is 0 Å². The monoisotopic (exact) mass is 401 g/mol. The van der Waals surface area contributed by atoms with Crippen LogP contribution in [0.4, 0.5) is 5.69 Å². The molecule has 3 aromatic rings. The number of aromatic nitrogens is 1. The van der Waals surface area contributed by atoms with Crippen LogP contribution in [0.15, 0.2) is 42.5 Å². The largest absolute Gasteiger partial charge is 0.355 e. The Morgan fingerprint density at radius 2 is 1.93 bits per heavy atom. The van der Waals surface area contributed by atoms with Crippen LogP contribution in [0.2, 0.25) is 0 Å². The number of nitrogens with one attached hydrogen (secondary N) is 2. The molecule has 0 aliphatic carbocycles. The molecule has 1 spiro atoms. The van der Waals surface area contributed by atoms with Crippen LogP contribution in [0.3, 0.4) is 0 Å². The lowest BCUT2D eigenvalue weighted by Gasteiger charge is -2.44. The Morgan fingerprint density at radius 3 is 2.70 bits per heavy atom. The van der Waals surface area contributed by atoms with E-state index >= 15 is 0 Å². The predicted octanol–water partition coefficient (Wildman–Crippen LogP) is 4.49. The number of carbonyl (C=O) groups excluding carboxylic acids is 2. The lowest BCUT2D eigenvalue weighted by atomic mass is 9.79. The van der Waals surface area contributed by atoms with E-state index in [2.05, 4.69) is 35.4 Å². The number of amides is 2. The van der Waals surface area contributed by atoms with Crippen molar-refractivity contribution in [1.82, 2.24) is 9.88 Å². The third-order valence-corrected chi connectivity index (χ3v) is 6.91. The second-order valence-corrected chi connectivity index (χ2v) is 8.49. The van der Waals surface area contributed by atoms with Gasteiger partial charge >= 0.3 is 0 Å². The van der Waals surface area contributed by atoms with Gasteiger partial charge in [-0.1, -0.05) is 43.7 Å². The van der Waals surface area contributed by atoms with E-state index < -0.39 is 5.54 Å². The maximum absolute atomic E-state index is 13.7. The van der Waals surface area contributed by atoms with E-state index in [0.717, 1.165) is 52.7 Å². The topological polar surface area (TPSA) is 65.2 Å². The first-order chi connectivity index (χ1) is 14.5. The molecule has 154 valence electrons. The van der Waals surface area contributed by atoms with Crippen LogP contribution in [0, 0.1) is 12.8 Å². The van der Waals surface area contributed by atoms with E-state index in [1.165, 1.54) is 5.56 Å². The van der Waals surface area contributed by atoms with Crippen LogP contribution >= 0.6 is 0 Å². The Bertz CT molecular complexity index is 1170. The van der Waals surface area contributed by atoms with Crippen molar-refractivity contribution < 1.29 is 9.59 Å². The molecule has 2 N–H and O–H groups in total. The Hall–Kier alpha value is -3.08. The number of hydrogen-bond acceptors (Lipinski definition) is 2. The van der Waals surface area contributed by atoms with Gasteiger partial charge < -0.3 is 15.2 Å². The molecule has 0 unspecified atom stereocenters. The minimum absolute atomic E-state index is 0.0624. The highest BCUT2D eigenvalue weighted by Gasteiger charge is 2.58. The SMILES string of the molecule is CCC(CC)C(=O)N1CCc2c([nH]c3ccc(C)cc23)[C@]12C(=O)Nc1ccccc12. The van der Waals surface area contributed by atoms with Crippen molar-refractivity contribution in [2.24, 2.45) is 5.92 Å². The fraction of sp³-hybridized carbons (Fsp3) is 0.360. The molecule has 2 aliphatic heterocycles. The molecular formula is C25H27N3O2. The van der Waals surface area contributed by atoms with Gasteiger partial charge in [0.2, 0.25) is 5.91 Å². The van der Waals surface area contributed by atoms with Gasteiger partial charge in [0.1, 0.15) is 0 Å². The summed E-state index contributed by atoms with van der Waals surface area (Å²) in [7, 11) is 0. The van der Waals surface area contributed by atoms with Crippen molar-refractivity contribution in [3.05, 3.63) is 64.8 Å². The van der Waals surface area contributed by atoms with Gasteiger partial charge in [-0.25, -0.2) is 0 Å². The number of H-pyrrole nitrogens is 1. The molecule has 0 fully saturated rings. The summed E-state index contributed by atoms with van der Waals surface area (Å²) in [6, 6.07) is 14.1. The zero-order chi connectivity index (χ0) is 21.0. The third kappa shape index (κ3) is 2.35. The maximum atomic E-state index is 13.7. The molecule has 30 heavy (non-hydrogen) atoms. The van der Waals surface area contributed by atoms with Crippen LogP contribution in [0.1, 0.15) is 49.1 Å². The minimum atomic E-state index is -1.14. The summed E-state index contributed by atoms with van der Waals surface area (Å²) in [6.45, 7) is 6.70.